The Balaban J connectivity index is 1.90. The quantitative estimate of drug-likeness (QED) is 0.838. The summed E-state index contributed by atoms with van der Waals surface area (Å²) in [6.07, 6.45) is 3.48. The zero-order valence-corrected chi connectivity index (χ0v) is 13.2. The average Bonchev–Trinajstić information content (AvgIpc) is 2.42. The van der Waals surface area contributed by atoms with Crippen LogP contribution in [0.1, 0.15) is 44.6 Å². The zero-order chi connectivity index (χ0) is 15.3. The van der Waals surface area contributed by atoms with Crippen molar-refractivity contribution in [1.29, 1.82) is 0 Å². The summed E-state index contributed by atoms with van der Waals surface area (Å²) < 4.78 is 5.28. The maximum absolute atomic E-state index is 12.1. The van der Waals surface area contributed by atoms with Crippen LogP contribution in [0.3, 0.4) is 0 Å². The molecule has 0 heterocycles. The van der Waals surface area contributed by atoms with E-state index in [2.05, 4.69) is 30.5 Å². The van der Waals surface area contributed by atoms with E-state index in [0.717, 1.165) is 30.7 Å². The predicted molar refractivity (Wildman–Crippen MR) is 85.7 cm³/mol. The van der Waals surface area contributed by atoms with Gasteiger partial charge in [-0.3, -0.25) is 0 Å². The lowest BCUT2D eigenvalue weighted by Gasteiger charge is -2.41. The van der Waals surface area contributed by atoms with E-state index in [9.17, 15) is 4.79 Å². The fraction of sp³-hybridized carbons (Fsp3) is 0.588. The second-order valence-corrected chi connectivity index (χ2v) is 6.34. The highest BCUT2D eigenvalue weighted by Gasteiger charge is 2.37. The lowest BCUT2D eigenvalue weighted by atomic mass is 9.69. The monoisotopic (exact) mass is 290 g/mol. The Labute approximate surface area is 127 Å². The zero-order valence-electron chi connectivity index (χ0n) is 13.2. The van der Waals surface area contributed by atoms with Crippen LogP contribution in [-0.4, -0.2) is 26.3 Å². The van der Waals surface area contributed by atoms with E-state index in [1.54, 1.807) is 7.11 Å². The van der Waals surface area contributed by atoms with Gasteiger partial charge in [0.1, 0.15) is 0 Å². The summed E-state index contributed by atoms with van der Waals surface area (Å²) in [6, 6.07) is 7.81. The minimum Gasteiger partial charge on any atom is -0.384 e. The molecule has 2 amide bonds. The molecule has 2 N–H and O–H groups in total. The second kappa shape index (κ2) is 6.94. The first-order chi connectivity index (χ1) is 10.1. The summed E-state index contributed by atoms with van der Waals surface area (Å²) in [7, 11) is 1.72. The Kier molecular flexibility index (Phi) is 5.23. The predicted octanol–water partition coefficient (Wildman–Crippen LogP) is 3.75. The van der Waals surface area contributed by atoms with Crippen molar-refractivity contribution in [3.63, 3.8) is 0 Å². The van der Waals surface area contributed by atoms with Crippen molar-refractivity contribution in [2.45, 2.75) is 39.0 Å². The SMILES string of the molecule is COCC1(CNC(=O)Nc2ccccc2C(C)C)CCC1. The van der Waals surface area contributed by atoms with Gasteiger partial charge in [-0.15, -0.1) is 0 Å². The van der Waals surface area contributed by atoms with Crippen LogP contribution in [0.5, 0.6) is 0 Å². The Bertz CT molecular complexity index is 481. The van der Waals surface area contributed by atoms with E-state index in [0.29, 0.717) is 12.5 Å². The first-order valence-electron chi connectivity index (χ1n) is 7.69. The molecule has 4 nitrogen and oxygen atoms in total. The molecule has 1 aromatic carbocycles. The Morgan fingerprint density at radius 3 is 2.62 bits per heavy atom. The van der Waals surface area contributed by atoms with Crippen LogP contribution in [0.15, 0.2) is 24.3 Å². The van der Waals surface area contributed by atoms with Crippen molar-refractivity contribution in [1.82, 2.24) is 5.32 Å². The van der Waals surface area contributed by atoms with Gasteiger partial charge in [0.25, 0.3) is 0 Å². The topological polar surface area (TPSA) is 50.4 Å². The van der Waals surface area contributed by atoms with Crippen LogP contribution in [0.2, 0.25) is 0 Å². The number of nitrogens with one attached hydrogen (secondary N) is 2. The number of ether oxygens (including phenoxy) is 1. The van der Waals surface area contributed by atoms with E-state index in [-0.39, 0.29) is 11.4 Å². The molecule has 0 saturated heterocycles. The highest BCUT2D eigenvalue weighted by atomic mass is 16.5. The summed E-state index contributed by atoms with van der Waals surface area (Å²) in [6.45, 7) is 5.65. The summed E-state index contributed by atoms with van der Waals surface area (Å²) in [5.41, 5.74) is 2.19. The molecule has 1 aliphatic rings. The van der Waals surface area contributed by atoms with Crippen molar-refractivity contribution in [2.75, 3.05) is 25.6 Å². The van der Waals surface area contributed by atoms with Gasteiger partial charge in [-0.2, -0.15) is 0 Å². The van der Waals surface area contributed by atoms with Crippen LogP contribution < -0.4 is 10.6 Å². The summed E-state index contributed by atoms with van der Waals surface area (Å²) in [5.74, 6) is 0.382. The maximum atomic E-state index is 12.1. The van der Waals surface area contributed by atoms with Gasteiger partial charge in [0.15, 0.2) is 0 Å². The fourth-order valence-electron chi connectivity index (χ4n) is 2.90. The third-order valence-corrected chi connectivity index (χ3v) is 4.32. The van der Waals surface area contributed by atoms with Gasteiger partial charge in [-0.25, -0.2) is 4.79 Å². The van der Waals surface area contributed by atoms with Gasteiger partial charge in [-0.05, 0) is 30.4 Å². The Morgan fingerprint density at radius 2 is 2.05 bits per heavy atom. The number of benzene rings is 1. The van der Waals surface area contributed by atoms with E-state index >= 15 is 0 Å². The molecule has 1 saturated carbocycles. The molecule has 0 bridgehead atoms. The van der Waals surface area contributed by atoms with Gasteiger partial charge in [0, 0.05) is 24.8 Å². The lowest BCUT2D eigenvalue weighted by Crippen LogP contribution is -2.46. The molecule has 21 heavy (non-hydrogen) atoms. The van der Waals surface area contributed by atoms with Gasteiger partial charge in [0.05, 0.1) is 6.61 Å². The Morgan fingerprint density at radius 1 is 1.33 bits per heavy atom. The largest absolute Gasteiger partial charge is 0.384 e. The first-order valence-corrected chi connectivity index (χ1v) is 7.69. The van der Waals surface area contributed by atoms with E-state index < -0.39 is 0 Å². The normalized spacial score (nSPS) is 16.4. The minimum atomic E-state index is -0.134. The maximum Gasteiger partial charge on any atom is 0.319 e. The van der Waals surface area contributed by atoms with Crippen molar-refractivity contribution in [2.24, 2.45) is 5.41 Å². The number of carbonyl (C=O) groups excluding carboxylic acids is 1. The molecule has 0 spiro atoms. The number of methoxy groups -OCH3 is 1. The number of rotatable bonds is 6. The van der Waals surface area contributed by atoms with Crippen LogP contribution in [0, 0.1) is 5.41 Å². The van der Waals surface area contributed by atoms with Crippen molar-refractivity contribution in [3.05, 3.63) is 29.8 Å². The molecule has 1 fully saturated rings. The van der Waals surface area contributed by atoms with Crippen LogP contribution in [-0.2, 0) is 4.74 Å². The molecule has 0 radical (unpaired) electrons. The molecule has 2 rings (SSSR count). The highest BCUT2D eigenvalue weighted by molar-refractivity contribution is 5.90. The smallest absolute Gasteiger partial charge is 0.319 e. The molecule has 116 valence electrons. The Hall–Kier alpha value is -1.55. The molecule has 0 atom stereocenters. The second-order valence-electron chi connectivity index (χ2n) is 6.34. The number of amides is 2. The van der Waals surface area contributed by atoms with Crippen molar-refractivity contribution >= 4 is 11.7 Å². The summed E-state index contributed by atoms with van der Waals surface area (Å²) in [4.78, 5) is 12.1. The third-order valence-electron chi connectivity index (χ3n) is 4.32. The summed E-state index contributed by atoms with van der Waals surface area (Å²) in [5, 5.41) is 5.96. The van der Waals surface area contributed by atoms with E-state index in [4.69, 9.17) is 4.74 Å². The van der Waals surface area contributed by atoms with Gasteiger partial charge in [0.2, 0.25) is 0 Å². The fourth-order valence-corrected chi connectivity index (χ4v) is 2.90. The van der Waals surface area contributed by atoms with Crippen LogP contribution >= 0.6 is 0 Å². The molecule has 0 aliphatic heterocycles. The molecular weight excluding hydrogens is 264 g/mol. The standard InChI is InChI=1S/C17H26N2O2/c1-13(2)14-7-4-5-8-15(14)19-16(20)18-11-17(12-21-3)9-6-10-17/h4-5,7-8,13H,6,9-12H2,1-3H3,(H2,18,19,20). The van der Waals surface area contributed by atoms with E-state index in [1.165, 1.54) is 6.42 Å². The molecule has 1 aliphatic carbocycles. The molecular formula is C17H26N2O2. The van der Waals surface area contributed by atoms with Gasteiger partial charge >= 0.3 is 6.03 Å². The lowest BCUT2D eigenvalue weighted by molar-refractivity contribution is 0.0203. The van der Waals surface area contributed by atoms with Gasteiger partial charge in [-0.1, -0.05) is 38.5 Å². The first kappa shape index (κ1) is 15.8. The number of para-hydroxylation sites is 1. The molecule has 4 heteroatoms. The van der Waals surface area contributed by atoms with E-state index in [1.807, 2.05) is 18.2 Å². The minimum absolute atomic E-state index is 0.134. The molecule has 0 aromatic heterocycles. The number of anilines is 1. The number of urea groups is 1. The number of hydrogen-bond donors (Lipinski definition) is 2. The van der Waals surface area contributed by atoms with Crippen molar-refractivity contribution < 1.29 is 9.53 Å². The summed E-state index contributed by atoms with van der Waals surface area (Å²) >= 11 is 0. The molecule has 0 unspecified atom stereocenters. The van der Waals surface area contributed by atoms with Crippen LogP contribution in [0.4, 0.5) is 10.5 Å². The average molecular weight is 290 g/mol. The number of carbonyl (C=O) groups is 1. The highest BCUT2D eigenvalue weighted by Crippen LogP contribution is 2.40. The third kappa shape index (κ3) is 3.97. The van der Waals surface area contributed by atoms with Gasteiger partial charge < -0.3 is 15.4 Å². The van der Waals surface area contributed by atoms with Crippen LogP contribution in [0.25, 0.3) is 0 Å². The van der Waals surface area contributed by atoms with Crippen molar-refractivity contribution in [3.8, 4) is 0 Å². The molecule has 1 aromatic rings. The number of hydrogen-bond acceptors (Lipinski definition) is 2.